The molecule has 1 N–H and O–H groups in total. The van der Waals surface area contributed by atoms with E-state index in [1.54, 1.807) is 11.8 Å². The Labute approximate surface area is 148 Å². The molecule has 1 aromatic rings. The molecule has 2 heterocycles. The number of nitrogens with one attached hydrogen (secondary N) is 1. The second-order valence-electron chi connectivity index (χ2n) is 7.52. The van der Waals surface area contributed by atoms with Crippen LogP contribution in [0.4, 0.5) is 5.69 Å². The monoisotopic (exact) mass is 364 g/mol. The van der Waals surface area contributed by atoms with Crippen LogP contribution < -0.4 is 10.2 Å². The summed E-state index contributed by atoms with van der Waals surface area (Å²) in [5.41, 5.74) is 2.24. The summed E-state index contributed by atoms with van der Waals surface area (Å²) in [5.74, 6) is -0.693. The highest BCUT2D eigenvalue weighted by Gasteiger charge is 2.42. The van der Waals surface area contributed by atoms with Gasteiger partial charge in [-0.2, -0.15) is 0 Å². The van der Waals surface area contributed by atoms with E-state index in [4.69, 9.17) is 0 Å². The molecule has 2 aliphatic rings. The van der Waals surface area contributed by atoms with Gasteiger partial charge in [-0.25, -0.2) is 8.42 Å². The summed E-state index contributed by atoms with van der Waals surface area (Å²) in [4.78, 5) is 26.7. The predicted octanol–water partition coefficient (Wildman–Crippen LogP) is 1.35. The minimum atomic E-state index is -3.09. The fraction of sp³-hybridized carbons (Fsp3) is 0.556. The molecule has 25 heavy (non-hydrogen) atoms. The van der Waals surface area contributed by atoms with Gasteiger partial charge in [0.25, 0.3) is 0 Å². The molecule has 2 saturated heterocycles. The SMILES string of the molecule is Cc1cccc(N2C[C@H](C(=O)N[C@@]3(C)CCS(=O)(=O)C3)CC2=O)c1C. The molecule has 2 aliphatic heterocycles. The van der Waals surface area contributed by atoms with E-state index in [2.05, 4.69) is 5.32 Å². The number of benzene rings is 1. The summed E-state index contributed by atoms with van der Waals surface area (Å²) in [5, 5.41) is 2.87. The van der Waals surface area contributed by atoms with Crippen LogP contribution in [0.25, 0.3) is 0 Å². The van der Waals surface area contributed by atoms with Crippen LogP contribution in [-0.4, -0.2) is 43.8 Å². The molecule has 7 heteroatoms. The Hall–Kier alpha value is -1.89. The molecule has 1 aromatic carbocycles. The number of rotatable bonds is 3. The molecule has 0 aliphatic carbocycles. The molecular formula is C18H24N2O4S. The molecule has 0 spiro atoms. The van der Waals surface area contributed by atoms with Gasteiger partial charge in [0.15, 0.2) is 9.84 Å². The Morgan fingerprint density at radius 3 is 2.68 bits per heavy atom. The van der Waals surface area contributed by atoms with Gasteiger partial charge in [0.2, 0.25) is 11.8 Å². The van der Waals surface area contributed by atoms with Gasteiger partial charge >= 0.3 is 0 Å². The molecule has 0 saturated carbocycles. The van der Waals surface area contributed by atoms with Crippen molar-refractivity contribution in [3.8, 4) is 0 Å². The third kappa shape index (κ3) is 3.56. The zero-order valence-corrected chi connectivity index (χ0v) is 15.6. The lowest BCUT2D eigenvalue weighted by Gasteiger charge is -2.26. The maximum Gasteiger partial charge on any atom is 0.227 e. The maximum atomic E-state index is 12.6. The molecule has 0 radical (unpaired) electrons. The van der Waals surface area contributed by atoms with Gasteiger partial charge in [-0.15, -0.1) is 0 Å². The number of hydrogen-bond donors (Lipinski definition) is 1. The molecule has 2 atom stereocenters. The maximum absolute atomic E-state index is 12.6. The second kappa shape index (κ2) is 6.12. The van der Waals surface area contributed by atoms with Gasteiger partial charge in [0, 0.05) is 18.7 Å². The van der Waals surface area contributed by atoms with Crippen LogP contribution in [0, 0.1) is 19.8 Å². The second-order valence-corrected chi connectivity index (χ2v) is 9.70. The average Bonchev–Trinajstić information content (AvgIpc) is 3.02. The van der Waals surface area contributed by atoms with E-state index in [1.807, 2.05) is 32.0 Å². The summed E-state index contributed by atoms with van der Waals surface area (Å²) < 4.78 is 23.4. The minimum Gasteiger partial charge on any atom is -0.350 e. The third-order valence-electron chi connectivity index (χ3n) is 5.29. The normalized spacial score (nSPS) is 28.4. The highest BCUT2D eigenvalue weighted by Crippen LogP contribution is 2.30. The third-order valence-corrected chi connectivity index (χ3v) is 7.19. The van der Waals surface area contributed by atoms with Crippen LogP contribution in [0.2, 0.25) is 0 Å². The molecule has 0 unspecified atom stereocenters. The first kappa shape index (κ1) is 17.9. The van der Waals surface area contributed by atoms with Crippen molar-refractivity contribution >= 4 is 27.3 Å². The quantitative estimate of drug-likeness (QED) is 0.877. The summed E-state index contributed by atoms with van der Waals surface area (Å²) in [6.45, 7) is 6.05. The Kier molecular flexibility index (Phi) is 4.39. The van der Waals surface area contributed by atoms with Crippen LogP contribution in [0.15, 0.2) is 18.2 Å². The topological polar surface area (TPSA) is 83.6 Å². The van der Waals surface area contributed by atoms with Crippen LogP contribution in [-0.2, 0) is 19.4 Å². The van der Waals surface area contributed by atoms with Gasteiger partial charge in [-0.05, 0) is 44.4 Å². The lowest BCUT2D eigenvalue weighted by atomic mass is 9.99. The fourth-order valence-electron chi connectivity index (χ4n) is 3.65. The van der Waals surface area contributed by atoms with E-state index in [0.29, 0.717) is 13.0 Å². The molecule has 3 rings (SSSR count). The minimum absolute atomic E-state index is 0.0346. The van der Waals surface area contributed by atoms with Crippen LogP contribution in [0.5, 0.6) is 0 Å². The predicted molar refractivity (Wildman–Crippen MR) is 96.2 cm³/mol. The Morgan fingerprint density at radius 1 is 1.32 bits per heavy atom. The standard InChI is InChI=1S/C18H24N2O4S/c1-12-5-4-6-15(13(12)2)20-10-14(9-16(20)21)17(22)19-18(3)7-8-25(23,24)11-18/h4-6,14H,7-11H2,1-3H3,(H,19,22)/t14-,18+/m1/s1. The summed E-state index contributed by atoms with van der Waals surface area (Å²) >= 11 is 0. The van der Waals surface area contributed by atoms with E-state index in [1.165, 1.54) is 0 Å². The van der Waals surface area contributed by atoms with Crippen LogP contribution in [0.1, 0.15) is 30.9 Å². The number of aryl methyl sites for hydroxylation is 1. The smallest absolute Gasteiger partial charge is 0.227 e. The van der Waals surface area contributed by atoms with Crippen LogP contribution in [0.3, 0.4) is 0 Å². The summed E-state index contributed by atoms with van der Waals surface area (Å²) in [6, 6.07) is 5.79. The summed E-state index contributed by atoms with van der Waals surface area (Å²) in [6.07, 6.45) is 0.574. The molecule has 136 valence electrons. The Balaban J connectivity index is 1.72. The van der Waals surface area contributed by atoms with E-state index in [0.717, 1.165) is 16.8 Å². The number of carbonyl (C=O) groups excluding carboxylic acids is 2. The van der Waals surface area contributed by atoms with E-state index in [9.17, 15) is 18.0 Å². The van der Waals surface area contributed by atoms with Crippen molar-refractivity contribution in [2.45, 2.75) is 39.2 Å². The van der Waals surface area contributed by atoms with E-state index in [-0.39, 0.29) is 29.7 Å². The number of nitrogens with zero attached hydrogens (tertiary/aromatic N) is 1. The van der Waals surface area contributed by atoms with Gasteiger partial charge < -0.3 is 10.2 Å². The molecule has 2 fully saturated rings. The Morgan fingerprint density at radius 2 is 2.04 bits per heavy atom. The van der Waals surface area contributed by atoms with Crippen LogP contribution >= 0.6 is 0 Å². The first-order valence-corrected chi connectivity index (χ1v) is 10.3. The fourth-order valence-corrected chi connectivity index (χ4v) is 5.75. The van der Waals surface area contributed by atoms with Crippen molar-refractivity contribution in [2.75, 3.05) is 23.0 Å². The lowest BCUT2D eigenvalue weighted by Crippen LogP contribution is -2.49. The number of carbonyl (C=O) groups is 2. The van der Waals surface area contributed by atoms with Gasteiger partial charge in [0.1, 0.15) is 0 Å². The van der Waals surface area contributed by atoms with Gasteiger partial charge in [-0.1, -0.05) is 12.1 Å². The molecule has 0 aromatic heterocycles. The van der Waals surface area contributed by atoms with Crippen molar-refractivity contribution in [1.82, 2.24) is 5.32 Å². The molecule has 6 nitrogen and oxygen atoms in total. The van der Waals surface area contributed by atoms with E-state index >= 15 is 0 Å². The van der Waals surface area contributed by atoms with Crippen molar-refractivity contribution in [2.24, 2.45) is 5.92 Å². The molecule has 0 bridgehead atoms. The number of amides is 2. The number of hydrogen-bond acceptors (Lipinski definition) is 4. The Bertz CT molecular complexity index is 833. The van der Waals surface area contributed by atoms with E-state index < -0.39 is 21.3 Å². The number of sulfone groups is 1. The van der Waals surface area contributed by atoms with Crippen molar-refractivity contribution in [3.05, 3.63) is 29.3 Å². The number of anilines is 1. The van der Waals surface area contributed by atoms with Crippen molar-refractivity contribution in [1.29, 1.82) is 0 Å². The van der Waals surface area contributed by atoms with Crippen molar-refractivity contribution in [3.63, 3.8) is 0 Å². The first-order chi connectivity index (χ1) is 11.6. The average molecular weight is 364 g/mol. The van der Waals surface area contributed by atoms with Crippen molar-refractivity contribution < 1.29 is 18.0 Å². The largest absolute Gasteiger partial charge is 0.350 e. The van der Waals surface area contributed by atoms with Gasteiger partial charge in [0.05, 0.1) is 23.0 Å². The zero-order chi connectivity index (χ0) is 18.4. The zero-order valence-electron chi connectivity index (χ0n) is 14.8. The first-order valence-electron chi connectivity index (χ1n) is 8.49. The summed E-state index contributed by atoms with van der Waals surface area (Å²) in [7, 11) is -3.09. The lowest BCUT2D eigenvalue weighted by molar-refractivity contribution is -0.127. The highest BCUT2D eigenvalue weighted by molar-refractivity contribution is 7.91. The van der Waals surface area contributed by atoms with Gasteiger partial charge in [-0.3, -0.25) is 9.59 Å². The highest BCUT2D eigenvalue weighted by atomic mass is 32.2. The molecular weight excluding hydrogens is 340 g/mol. The molecule has 2 amide bonds.